The second-order valence-electron chi connectivity index (χ2n) is 3.47. The molecule has 0 radical (unpaired) electrons. The van der Waals surface area contributed by atoms with Gasteiger partial charge in [0.1, 0.15) is 6.04 Å². The number of nitrogens with zero attached hydrogens (tertiary/aromatic N) is 1. The number of pyridine rings is 1. The van der Waals surface area contributed by atoms with Crippen molar-refractivity contribution in [2.45, 2.75) is 18.9 Å². The van der Waals surface area contributed by atoms with Gasteiger partial charge in [-0.3, -0.25) is 9.78 Å². The van der Waals surface area contributed by atoms with E-state index in [-0.39, 0.29) is 19.4 Å². The summed E-state index contributed by atoms with van der Waals surface area (Å²) in [6.45, 7) is -0.291. The molecule has 0 aliphatic heterocycles. The predicted molar refractivity (Wildman–Crippen MR) is 59.2 cm³/mol. The Hall–Kier alpha value is -1.95. The highest BCUT2D eigenvalue weighted by molar-refractivity contribution is 5.84. The van der Waals surface area contributed by atoms with Crippen LogP contribution in [0.15, 0.2) is 24.4 Å². The van der Waals surface area contributed by atoms with Gasteiger partial charge in [0.2, 0.25) is 5.91 Å². The Balaban J connectivity index is 2.51. The third-order valence-corrected chi connectivity index (χ3v) is 2.12. The topological polar surface area (TPSA) is 99.5 Å². The van der Waals surface area contributed by atoms with Gasteiger partial charge >= 0.3 is 5.97 Å². The first-order valence-electron chi connectivity index (χ1n) is 5.16. The van der Waals surface area contributed by atoms with Gasteiger partial charge in [0.25, 0.3) is 0 Å². The maximum Gasteiger partial charge on any atom is 0.326 e. The smallest absolute Gasteiger partial charge is 0.326 e. The molecule has 0 unspecified atom stereocenters. The molecule has 0 aliphatic carbocycles. The van der Waals surface area contributed by atoms with Crippen molar-refractivity contribution in [3.8, 4) is 0 Å². The lowest BCUT2D eigenvalue weighted by Crippen LogP contribution is -2.42. The molecule has 0 fully saturated rings. The Bertz CT molecular complexity index is 380. The van der Waals surface area contributed by atoms with E-state index in [2.05, 4.69) is 10.3 Å². The van der Waals surface area contributed by atoms with Crippen LogP contribution in [0.2, 0.25) is 0 Å². The molecule has 0 saturated carbocycles. The van der Waals surface area contributed by atoms with Crippen LogP contribution in [-0.2, 0) is 16.0 Å². The molecule has 17 heavy (non-hydrogen) atoms. The zero-order chi connectivity index (χ0) is 12.7. The number of amides is 1. The lowest BCUT2D eigenvalue weighted by molar-refractivity contribution is -0.142. The highest BCUT2D eigenvalue weighted by Gasteiger charge is 2.19. The van der Waals surface area contributed by atoms with Crippen molar-refractivity contribution in [3.63, 3.8) is 0 Å². The molecule has 1 aromatic rings. The molecule has 1 rings (SSSR count). The van der Waals surface area contributed by atoms with Crippen LogP contribution in [0.3, 0.4) is 0 Å². The number of nitrogens with one attached hydrogen (secondary N) is 1. The van der Waals surface area contributed by atoms with Crippen molar-refractivity contribution in [3.05, 3.63) is 30.1 Å². The van der Waals surface area contributed by atoms with Crippen molar-refractivity contribution in [2.75, 3.05) is 6.61 Å². The molecule has 0 saturated heterocycles. The van der Waals surface area contributed by atoms with E-state index in [9.17, 15) is 9.59 Å². The van der Waals surface area contributed by atoms with Crippen LogP contribution in [0, 0.1) is 0 Å². The monoisotopic (exact) mass is 238 g/mol. The largest absolute Gasteiger partial charge is 0.480 e. The zero-order valence-electron chi connectivity index (χ0n) is 9.17. The van der Waals surface area contributed by atoms with Crippen LogP contribution in [-0.4, -0.2) is 39.7 Å². The van der Waals surface area contributed by atoms with E-state index in [1.807, 2.05) is 0 Å². The Kier molecular flexibility index (Phi) is 5.09. The lowest BCUT2D eigenvalue weighted by Gasteiger charge is -2.12. The van der Waals surface area contributed by atoms with Crippen molar-refractivity contribution in [1.29, 1.82) is 0 Å². The summed E-state index contributed by atoms with van der Waals surface area (Å²) in [5.41, 5.74) is 0.568. The van der Waals surface area contributed by atoms with E-state index in [0.717, 1.165) is 0 Å². The molecule has 3 N–H and O–H groups in total. The summed E-state index contributed by atoms with van der Waals surface area (Å²) in [5.74, 6) is -1.59. The minimum absolute atomic E-state index is 0.0106. The molecular formula is C11H14N2O4. The normalized spacial score (nSPS) is 11.8. The first kappa shape index (κ1) is 13.1. The molecule has 0 aromatic carbocycles. The number of aliphatic carboxylic acids is 1. The van der Waals surface area contributed by atoms with Crippen LogP contribution >= 0.6 is 0 Å². The fourth-order valence-electron chi connectivity index (χ4n) is 1.30. The standard InChI is InChI=1S/C11H14N2O4/c14-6-4-9(11(16)17)13-10(15)7-8-3-1-2-5-12-8/h1-3,5,9,14H,4,6-7H2,(H,13,15)(H,16,17)/t9-/m0/s1. The van der Waals surface area contributed by atoms with E-state index in [1.54, 1.807) is 24.4 Å². The Labute approximate surface area is 98.3 Å². The van der Waals surface area contributed by atoms with Gasteiger partial charge in [-0.15, -0.1) is 0 Å². The molecule has 0 aliphatic rings. The molecule has 1 atom stereocenters. The molecule has 1 amide bonds. The van der Waals surface area contributed by atoms with Crippen LogP contribution in [0.1, 0.15) is 12.1 Å². The highest BCUT2D eigenvalue weighted by atomic mass is 16.4. The Morgan fingerprint density at radius 2 is 2.18 bits per heavy atom. The Morgan fingerprint density at radius 1 is 1.41 bits per heavy atom. The molecule has 0 bridgehead atoms. The summed E-state index contributed by atoms with van der Waals surface area (Å²) in [6.07, 6.45) is 1.57. The fourth-order valence-corrected chi connectivity index (χ4v) is 1.30. The van der Waals surface area contributed by atoms with Gasteiger partial charge in [0.05, 0.1) is 6.42 Å². The first-order valence-corrected chi connectivity index (χ1v) is 5.16. The minimum Gasteiger partial charge on any atom is -0.480 e. The van der Waals surface area contributed by atoms with E-state index < -0.39 is 17.9 Å². The van der Waals surface area contributed by atoms with Crippen molar-refractivity contribution in [1.82, 2.24) is 10.3 Å². The number of rotatable bonds is 6. The number of aromatic nitrogens is 1. The summed E-state index contributed by atoms with van der Waals surface area (Å²) in [7, 11) is 0. The number of carbonyl (C=O) groups excluding carboxylic acids is 1. The number of carboxylic acids is 1. The predicted octanol–water partition coefficient (Wildman–Crippen LogP) is -0.424. The SMILES string of the molecule is O=C(Cc1ccccn1)N[C@@H](CCO)C(=O)O. The van der Waals surface area contributed by atoms with Crippen molar-refractivity contribution >= 4 is 11.9 Å². The summed E-state index contributed by atoms with van der Waals surface area (Å²) in [5, 5.41) is 19.8. The van der Waals surface area contributed by atoms with Crippen molar-refractivity contribution < 1.29 is 19.8 Å². The lowest BCUT2D eigenvalue weighted by atomic mass is 10.2. The van der Waals surface area contributed by atoms with Crippen LogP contribution in [0.5, 0.6) is 0 Å². The van der Waals surface area contributed by atoms with Crippen LogP contribution < -0.4 is 5.32 Å². The second-order valence-corrected chi connectivity index (χ2v) is 3.47. The third kappa shape index (κ3) is 4.60. The molecular weight excluding hydrogens is 224 g/mol. The molecule has 0 spiro atoms. The van der Waals surface area contributed by atoms with Gasteiger partial charge in [-0.2, -0.15) is 0 Å². The van der Waals surface area contributed by atoms with Crippen LogP contribution in [0.4, 0.5) is 0 Å². The summed E-state index contributed by atoms with van der Waals surface area (Å²) in [6, 6.07) is 4.10. The number of aliphatic hydroxyl groups is 1. The van der Waals surface area contributed by atoms with E-state index in [1.165, 1.54) is 0 Å². The van der Waals surface area contributed by atoms with Crippen LogP contribution in [0.25, 0.3) is 0 Å². The average molecular weight is 238 g/mol. The van der Waals surface area contributed by atoms with Crippen molar-refractivity contribution in [2.24, 2.45) is 0 Å². The van der Waals surface area contributed by atoms with Gasteiger partial charge in [-0.05, 0) is 12.1 Å². The number of aliphatic hydroxyl groups excluding tert-OH is 1. The van der Waals surface area contributed by atoms with Gasteiger partial charge < -0.3 is 15.5 Å². The minimum atomic E-state index is -1.16. The maximum absolute atomic E-state index is 11.5. The number of hydrogen-bond acceptors (Lipinski definition) is 4. The molecule has 1 heterocycles. The molecule has 1 aromatic heterocycles. The Morgan fingerprint density at radius 3 is 2.71 bits per heavy atom. The molecule has 92 valence electrons. The molecule has 6 heteroatoms. The zero-order valence-corrected chi connectivity index (χ0v) is 9.17. The van der Waals surface area contributed by atoms with E-state index >= 15 is 0 Å². The van der Waals surface area contributed by atoms with Gasteiger partial charge in [-0.1, -0.05) is 6.07 Å². The number of hydrogen-bond donors (Lipinski definition) is 3. The summed E-state index contributed by atoms with van der Waals surface area (Å²) in [4.78, 5) is 26.2. The number of carboxylic acid groups (broad SMARTS) is 1. The van der Waals surface area contributed by atoms with Gasteiger partial charge in [0.15, 0.2) is 0 Å². The third-order valence-electron chi connectivity index (χ3n) is 2.12. The quantitative estimate of drug-likeness (QED) is 0.625. The fraction of sp³-hybridized carbons (Fsp3) is 0.364. The van der Waals surface area contributed by atoms with Gasteiger partial charge in [-0.25, -0.2) is 4.79 Å². The van der Waals surface area contributed by atoms with Gasteiger partial charge in [0, 0.05) is 24.9 Å². The average Bonchev–Trinajstić information content (AvgIpc) is 2.29. The second kappa shape index (κ2) is 6.59. The first-order chi connectivity index (χ1) is 8.13. The summed E-state index contributed by atoms with van der Waals surface area (Å²) >= 11 is 0. The number of carbonyl (C=O) groups is 2. The maximum atomic E-state index is 11.5. The van der Waals surface area contributed by atoms with E-state index in [0.29, 0.717) is 5.69 Å². The molecule has 6 nitrogen and oxygen atoms in total. The summed E-state index contributed by atoms with van der Waals surface area (Å²) < 4.78 is 0. The van der Waals surface area contributed by atoms with E-state index in [4.69, 9.17) is 10.2 Å². The highest BCUT2D eigenvalue weighted by Crippen LogP contribution is 1.97.